The highest BCUT2D eigenvalue weighted by atomic mass is 16.5. The molecular formula is C7H11NO5. The van der Waals surface area contributed by atoms with E-state index < -0.39 is 24.5 Å². The van der Waals surface area contributed by atoms with Crippen molar-refractivity contribution in [2.24, 2.45) is 0 Å². The predicted molar refractivity (Wildman–Crippen MR) is 40.6 cm³/mol. The summed E-state index contributed by atoms with van der Waals surface area (Å²) in [5.74, 6) is -0.965. The van der Waals surface area contributed by atoms with Gasteiger partial charge in [-0.3, -0.25) is 14.5 Å². The molecule has 1 atom stereocenters. The topological polar surface area (TPSA) is 87.1 Å². The minimum Gasteiger partial charge on any atom is -0.394 e. The lowest BCUT2D eigenvalue weighted by atomic mass is 10.3. The number of carbonyl (C=O) groups is 2. The molecule has 1 saturated heterocycles. The highest BCUT2D eigenvalue weighted by molar-refractivity contribution is 5.98. The first-order chi connectivity index (χ1) is 6.15. The summed E-state index contributed by atoms with van der Waals surface area (Å²) < 4.78 is 4.65. The van der Waals surface area contributed by atoms with Gasteiger partial charge in [-0.25, -0.2) is 0 Å². The van der Waals surface area contributed by atoms with Crippen LogP contribution in [-0.4, -0.2) is 59.4 Å². The van der Waals surface area contributed by atoms with Crippen LogP contribution in [0.5, 0.6) is 0 Å². The second-order valence-electron chi connectivity index (χ2n) is 2.73. The van der Waals surface area contributed by atoms with E-state index in [1.54, 1.807) is 0 Å². The normalized spacial score (nSPS) is 20.6. The van der Waals surface area contributed by atoms with Crippen LogP contribution in [0, 0.1) is 0 Å². The molecule has 0 aromatic heterocycles. The van der Waals surface area contributed by atoms with Gasteiger partial charge in [0.1, 0.15) is 13.2 Å². The van der Waals surface area contributed by atoms with Gasteiger partial charge < -0.3 is 14.9 Å². The van der Waals surface area contributed by atoms with Crippen LogP contribution in [0.3, 0.4) is 0 Å². The van der Waals surface area contributed by atoms with Gasteiger partial charge in [0.15, 0.2) is 0 Å². The summed E-state index contributed by atoms with van der Waals surface area (Å²) in [6.45, 7) is -0.941. The molecule has 1 unspecified atom stereocenters. The average Bonchev–Trinajstić information content (AvgIpc) is 2.11. The molecule has 2 N–H and O–H groups in total. The maximum Gasteiger partial charge on any atom is 0.255 e. The van der Waals surface area contributed by atoms with E-state index in [9.17, 15) is 9.59 Å². The highest BCUT2D eigenvalue weighted by Crippen LogP contribution is 2.01. The molecule has 0 aromatic rings. The van der Waals surface area contributed by atoms with Crippen LogP contribution in [0.15, 0.2) is 0 Å². The Morgan fingerprint density at radius 2 is 1.92 bits per heavy atom. The van der Waals surface area contributed by atoms with Crippen molar-refractivity contribution in [3.8, 4) is 0 Å². The zero-order valence-electron chi connectivity index (χ0n) is 6.97. The number of nitrogens with zero attached hydrogens (tertiary/aromatic N) is 1. The van der Waals surface area contributed by atoms with E-state index in [0.717, 1.165) is 4.90 Å². The van der Waals surface area contributed by atoms with E-state index in [4.69, 9.17) is 10.2 Å². The van der Waals surface area contributed by atoms with Crippen LogP contribution in [0.2, 0.25) is 0 Å². The zero-order valence-corrected chi connectivity index (χ0v) is 6.97. The molecule has 0 saturated carbocycles. The molecule has 0 aliphatic carbocycles. The van der Waals surface area contributed by atoms with Crippen LogP contribution in [0.1, 0.15) is 0 Å². The van der Waals surface area contributed by atoms with Gasteiger partial charge in [-0.15, -0.1) is 0 Å². The van der Waals surface area contributed by atoms with E-state index >= 15 is 0 Å². The van der Waals surface area contributed by atoms with Crippen molar-refractivity contribution in [1.82, 2.24) is 4.90 Å². The van der Waals surface area contributed by atoms with Gasteiger partial charge in [0.05, 0.1) is 19.3 Å². The standard InChI is InChI=1S/C7H11NO5/c9-2-5(10)1-8-6(11)3-13-4-7(8)12/h5,9-10H,1-4H2. The first kappa shape index (κ1) is 10.1. The fourth-order valence-electron chi connectivity index (χ4n) is 0.993. The van der Waals surface area contributed by atoms with E-state index in [1.807, 2.05) is 0 Å². The van der Waals surface area contributed by atoms with E-state index in [0.29, 0.717) is 0 Å². The number of rotatable bonds is 3. The van der Waals surface area contributed by atoms with Crippen molar-refractivity contribution in [2.45, 2.75) is 6.10 Å². The number of ether oxygens (including phenoxy) is 1. The Kier molecular flexibility index (Phi) is 3.35. The van der Waals surface area contributed by atoms with Crippen molar-refractivity contribution in [1.29, 1.82) is 0 Å². The molecule has 0 spiro atoms. The van der Waals surface area contributed by atoms with Crippen LogP contribution in [0.25, 0.3) is 0 Å². The minimum absolute atomic E-state index is 0.149. The molecule has 0 aromatic carbocycles. The Morgan fingerprint density at radius 3 is 2.38 bits per heavy atom. The maximum absolute atomic E-state index is 11.0. The molecule has 2 amide bonds. The number of aliphatic hydroxyl groups excluding tert-OH is 2. The first-order valence-electron chi connectivity index (χ1n) is 3.85. The number of amides is 2. The molecule has 74 valence electrons. The Hall–Kier alpha value is -0.980. The quantitative estimate of drug-likeness (QED) is 0.489. The molecule has 1 rings (SSSR count). The minimum atomic E-state index is -1.08. The third-order valence-electron chi connectivity index (χ3n) is 1.66. The van der Waals surface area contributed by atoms with E-state index in [2.05, 4.69) is 4.74 Å². The van der Waals surface area contributed by atoms with Crippen LogP contribution < -0.4 is 0 Å². The van der Waals surface area contributed by atoms with E-state index in [-0.39, 0.29) is 19.8 Å². The molecule has 0 radical (unpaired) electrons. The Morgan fingerprint density at radius 1 is 1.38 bits per heavy atom. The highest BCUT2D eigenvalue weighted by Gasteiger charge is 2.27. The maximum atomic E-state index is 11.0. The molecule has 6 heteroatoms. The number of hydrogen-bond acceptors (Lipinski definition) is 5. The number of imide groups is 1. The van der Waals surface area contributed by atoms with E-state index in [1.165, 1.54) is 0 Å². The molecule has 1 aliphatic heterocycles. The third-order valence-corrected chi connectivity index (χ3v) is 1.66. The summed E-state index contributed by atoms with van der Waals surface area (Å²) in [6, 6.07) is 0. The van der Waals surface area contributed by atoms with Gasteiger partial charge in [0.25, 0.3) is 11.8 Å². The number of hydrogen-bond donors (Lipinski definition) is 2. The molecule has 6 nitrogen and oxygen atoms in total. The van der Waals surface area contributed by atoms with Crippen molar-refractivity contribution < 1.29 is 24.5 Å². The van der Waals surface area contributed by atoms with Gasteiger partial charge in [0, 0.05) is 0 Å². The van der Waals surface area contributed by atoms with Gasteiger partial charge in [-0.1, -0.05) is 0 Å². The molecule has 0 bridgehead atoms. The SMILES string of the molecule is O=C1COCC(=O)N1CC(O)CO. The summed E-state index contributed by atoms with van der Waals surface area (Å²) in [4.78, 5) is 23.0. The van der Waals surface area contributed by atoms with Crippen LogP contribution >= 0.6 is 0 Å². The Balaban J connectivity index is 2.54. The Bertz CT molecular complexity index is 201. The number of carbonyl (C=O) groups excluding carboxylic acids is 2. The molecule has 1 fully saturated rings. The summed E-state index contributed by atoms with van der Waals surface area (Å²) in [7, 11) is 0. The van der Waals surface area contributed by atoms with Crippen molar-refractivity contribution in [2.75, 3.05) is 26.4 Å². The van der Waals surface area contributed by atoms with Crippen LogP contribution in [-0.2, 0) is 14.3 Å². The van der Waals surface area contributed by atoms with Crippen molar-refractivity contribution in [3.63, 3.8) is 0 Å². The van der Waals surface area contributed by atoms with Gasteiger partial charge >= 0.3 is 0 Å². The largest absolute Gasteiger partial charge is 0.394 e. The number of β-amino-alcohol motifs (C(OH)–C–C–N with tert-alkyl or cyclic N) is 1. The second-order valence-corrected chi connectivity index (χ2v) is 2.73. The first-order valence-corrected chi connectivity index (χ1v) is 3.85. The fourth-order valence-corrected chi connectivity index (χ4v) is 0.993. The summed E-state index contributed by atoms with van der Waals surface area (Å²) in [5, 5.41) is 17.5. The second kappa shape index (κ2) is 4.31. The van der Waals surface area contributed by atoms with Crippen LogP contribution in [0.4, 0.5) is 0 Å². The molecule has 13 heavy (non-hydrogen) atoms. The van der Waals surface area contributed by atoms with Gasteiger partial charge in [-0.2, -0.15) is 0 Å². The monoisotopic (exact) mass is 189 g/mol. The lowest BCUT2D eigenvalue weighted by Crippen LogP contribution is -2.49. The summed E-state index contributed by atoms with van der Waals surface area (Å²) in [6.07, 6.45) is -1.08. The average molecular weight is 189 g/mol. The molecule has 1 heterocycles. The van der Waals surface area contributed by atoms with Crippen molar-refractivity contribution >= 4 is 11.8 Å². The lowest BCUT2D eigenvalue weighted by Gasteiger charge is -2.26. The fraction of sp³-hybridized carbons (Fsp3) is 0.714. The summed E-state index contributed by atoms with van der Waals surface area (Å²) in [5.41, 5.74) is 0. The molecule has 1 aliphatic rings. The van der Waals surface area contributed by atoms with Gasteiger partial charge in [0.2, 0.25) is 0 Å². The predicted octanol–water partition coefficient (Wildman–Crippen LogP) is -2.27. The lowest BCUT2D eigenvalue weighted by molar-refractivity contribution is -0.160. The number of morpholine rings is 1. The van der Waals surface area contributed by atoms with Crippen molar-refractivity contribution in [3.05, 3.63) is 0 Å². The number of aliphatic hydroxyl groups is 2. The third kappa shape index (κ3) is 2.48. The zero-order chi connectivity index (χ0) is 9.84. The summed E-state index contributed by atoms with van der Waals surface area (Å²) >= 11 is 0. The van der Waals surface area contributed by atoms with Gasteiger partial charge in [-0.05, 0) is 0 Å². The molecular weight excluding hydrogens is 178 g/mol. The smallest absolute Gasteiger partial charge is 0.255 e. The Labute approximate surface area is 74.7 Å².